The van der Waals surface area contributed by atoms with Crippen molar-refractivity contribution >= 4 is 17.9 Å². The third kappa shape index (κ3) is 7.44. The molecule has 7 nitrogen and oxygen atoms in total. The van der Waals surface area contributed by atoms with Crippen molar-refractivity contribution in [3.05, 3.63) is 53.6 Å². The molecule has 1 heterocycles. The van der Waals surface area contributed by atoms with E-state index in [0.717, 1.165) is 31.2 Å². The van der Waals surface area contributed by atoms with Gasteiger partial charge in [-0.25, -0.2) is 5.43 Å². The maximum atomic E-state index is 12.0. The van der Waals surface area contributed by atoms with Crippen molar-refractivity contribution in [1.29, 1.82) is 0 Å². The molecular formula is C24H28N2O5. The van der Waals surface area contributed by atoms with Gasteiger partial charge < -0.3 is 14.6 Å². The number of hydrazone groups is 1. The van der Waals surface area contributed by atoms with Crippen LogP contribution in [0.1, 0.15) is 49.7 Å². The second kappa shape index (κ2) is 11.7. The maximum Gasteiger partial charge on any atom is 0.240 e. The van der Waals surface area contributed by atoms with Gasteiger partial charge in [-0.2, -0.15) is 5.10 Å². The van der Waals surface area contributed by atoms with E-state index in [1.165, 1.54) is 0 Å². The van der Waals surface area contributed by atoms with E-state index in [9.17, 15) is 14.7 Å². The lowest BCUT2D eigenvalue weighted by molar-refractivity contribution is -0.121. The SMILES string of the molecule is O=C(CCCCCCC(=O)N/N=C/c1ccc2c(c1)OCCO2)Cc1ccccc1O. The van der Waals surface area contributed by atoms with Gasteiger partial charge in [0.1, 0.15) is 24.7 Å². The quantitative estimate of drug-likeness (QED) is 0.325. The van der Waals surface area contributed by atoms with Crippen LogP contribution in [0.3, 0.4) is 0 Å². The molecule has 0 aliphatic carbocycles. The number of fused-ring (bicyclic) bond motifs is 1. The van der Waals surface area contributed by atoms with Crippen LogP contribution in [0.15, 0.2) is 47.6 Å². The molecule has 0 saturated heterocycles. The number of nitrogens with one attached hydrogen (secondary N) is 1. The van der Waals surface area contributed by atoms with Gasteiger partial charge in [-0.3, -0.25) is 9.59 Å². The molecule has 0 saturated carbocycles. The maximum absolute atomic E-state index is 12.0. The highest BCUT2D eigenvalue weighted by atomic mass is 16.6. The summed E-state index contributed by atoms with van der Waals surface area (Å²) < 4.78 is 11.0. The Bertz CT molecular complexity index is 926. The molecule has 0 aromatic heterocycles. The van der Waals surface area contributed by atoms with Crippen LogP contribution in [0.5, 0.6) is 17.2 Å². The molecule has 7 heteroatoms. The standard InChI is InChI=1S/C24H28N2O5/c27-20(16-19-7-5-6-9-21(19)28)8-3-1-2-4-10-24(29)26-25-17-18-11-12-22-23(15-18)31-14-13-30-22/h5-7,9,11-12,15,17,28H,1-4,8,10,13-14,16H2,(H,26,29)/b25-17+. The molecule has 0 fully saturated rings. The molecule has 1 amide bonds. The average Bonchev–Trinajstić information content (AvgIpc) is 2.77. The number of hydrogen-bond donors (Lipinski definition) is 2. The number of ketones is 1. The van der Waals surface area contributed by atoms with Gasteiger partial charge in [-0.15, -0.1) is 0 Å². The first-order chi connectivity index (χ1) is 15.1. The second-order valence-electron chi connectivity index (χ2n) is 7.45. The summed E-state index contributed by atoms with van der Waals surface area (Å²) >= 11 is 0. The van der Waals surface area contributed by atoms with Crippen molar-refractivity contribution in [1.82, 2.24) is 5.43 Å². The number of Topliss-reactive ketones (excluding diaryl/α,β-unsaturated/α-hetero) is 1. The van der Waals surface area contributed by atoms with Crippen LogP contribution in [0, 0.1) is 0 Å². The van der Waals surface area contributed by atoms with E-state index in [1.54, 1.807) is 24.4 Å². The zero-order valence-electron chi connectivity index (χ0n) is 17.5. The van der Waals surface area contributed by atoms with E-state index in [0.29, 0.717) is 43.1 Å². The number of nitrogens with zero attached hydrogens (tertiary/aromatic N) is 1. The van der Waals surface area contributed by atoms with E-state index >= 15 is 0 Å². The summed E-state index contributed by atoms with van der Waals surface area (Å²) in [5.41, 5.74) is 4.02. The molecule has 1 aliphatic heterocycles. The van der Waals surface area contributed by atoms with Crippen molar-refractivity contribution in [3.63, 3.8) is 0 Å². The molecule has 0 unspecified atom stereocenters. The van der Waals surface area contributed by atoms with Crippen LogP contribution in [0.25, 0.3) is 0 Å². The third-order valence-corrected chi connectivity index (χ3v) is 4.96. The number of ether oxygens (including phenoxy) is 2. The fourth-order valence-electron chi connectivity index (χ4n) is 3.30. The van der Waals surface area contributed by atoms with Crippen LogP contribution in [0.4, 0.5) is 0 Å². The number of aromatic hydroxyl groups is 1. The smallest absolute Gasteiger partial charge is 0.240 e. The zero-order chi connectivity index (χ0) is 21.9. The minimum Gasteiger partial charge on any atom is -0.508 e. The Kier molecular flexibility index (Phi) is 8.46. The molecule has 2 aromatic carbocycles. The number of phenols is 1. The molecule has 0 spiro atoms. The fourth-order valence-corrected chi connectivity index (χ4v) is 3.30. The van der Waals surface area contributed by atoms with Gasteiger partial charge in [-0.1, -0.05) is 31.0 Å². The number of hydrogen-bond acceptors (Lipinski definition) is 6. The highest BCUT2D eigenvalue weighted by molar-refractivity contribution is 5.83. The van der Waals surface area contributed by atoms with E-state index in [1.807, 2.05) is 24.3 Å². The van der Waals surface area contributed by atoms with Crippen molar-refractivity contribution in [2.45, 2.75) is 44.9 Å². The Morgan fingerprint density at radius 1 is 0.968 bits per heavy atom. The predicted octanol–water partition coefficient (Wildman–Crippen LogP) is 3.77. The van der Waals surface area contributed by atoms with Gasteiger partial charge >= 0.3 is 0 Å². The number of amides is 1. The summed E-state index contributed by atoms with van der Waals surface area (Å²) in [7, 11) is 0. The molecule has 31 heavy (non-hydrogen) atoms. The number of carbonyl (C=O) groups is 2. The van der Waals surface area contributed by atoms with Gasteiger partial charge in [0.25, 0.3) is 0 Å². The van der Waals surface area contributed by atoms with Crippen LogP contribution in [-0.2, 0) is 16.0 Å². The molecule has 3 rings (SSSR count). The first kappa shape index (κ1) is 22.3. The number of para-hydroxylation sites is 1. The number of unbranched alkanes of at least 4 members (excludes halogenated alkanes) is 3. The molecule has 0 atom stereocenters. The minimum atomic E-state index is -0.135. The molecular weight excluding hydrogens is 396 g/mol. The minimum absolute atomic E-state index is 0.118. The third-order valence-electron chi connectivity index (χ3n) is 4.96. The zero-order valence-corrected chi connectivity index (χ0v) is 17.5. The van der Waals surface area contributed by atoms with Crippen LogP contribution in [-0.4, -0.2) is 36.2 Å². The Labute approximate surface area is 182 Å². The largest absolute Gasteiger partial charge is 0.508 e. The lowest BCUT2D eigenvalue weighted by Crippen LogP contribution is -2.17. The van der Waals surface area contributed by atoms with E-state index in [-0.39, 0.29) is 23.9 Å². The lowest BCUT2D eigenvalue weighted by Gasteiger charge is -2.18. The van der Waals surface area contributed by atoms with E-state index in [2.05, 4.69) is 10.5 Å². The highest BCUT2D eigenvalue weighted by Crippen LogP contribution is 2.30. The van der Waals surface area contributed by atoms with Crippen molar-refractivity contribution in [2.75, 3.05) is 13.2 Å². The predicted molar refractivity (Wildman–Crippen MR) is 118 cm³/mol. The Morgan fingerprint density at radius 2 is 1.71 bits per heavy atom. The van der Waals surface area contributed by atoms with E-state index < -0.39 is 0 Å². The summed E-state index contributed by atoms with van der Waals surface area (Å²) in [4.78, 5) is 23.9. The lowest BCUT2D eigenvalue weighted by atomic mass is 10.0. The van der Waals surface area contributed by atoms with Gasteiger partial charge in [0, 0.05) is 24.8 Å². The molecule has 0 bridgehead atoms. The molecule has 1 aliphatic rings. The monoisotopic (exact) mass is 424 g/mol. The van der Waals surface area contributed by atoms with Crippen LogP contribution in [0.2, 0.25) is 0 Å². The summed E-state index contributed by atoms with van der Waals surface area (Å²) in [6, 6.07) is 12.4. The Hall–Kier alpha value is -3.35. The summed E-state index contributed by atoms with van der Waals surface area (Å²) in [5.74, 6) is 1.54. The van der Waals surface area contributed by atoms with Gasteiger partial charge in [0.15, 0.2) is 11.5 Å². The number of phenolic OH excluding ortho intramolecular Hbond substituents is 1. The Balaban J connectivity index is 1.25. The summed E-state index contributed by atoms with van der Waals surface area (Å²) in [6.45, 7) is 1.07. The number of carbonyl (C=O) groups excluding carboxylic acids is 2. The first-order valence-electron chi connectivity index (χ1n) is 10.6. The molecule has 2 N–H and O–H groups in total. The van der Waals surface area contributed by atoms with E-state index in [4.69, 9.17) is 9.47 Å². The van der Waals surface area contributed by atoms with Crippen molar-refractivity contribution in [3.8, 4) is 17.2 Å². The average molecular weight is 424 g/mol. The van der Waals surface area contributed by atoms with Crippen molar-refractivity contribution in [2.24, 2.45) is 5.10 Å². The molecule has 164 valence electrons. The molecule has 0 radical (unpaired) electrons. The summed E-state index contributed by atoms with van der Waals surface area (Å²) in [6.07, 6.45) is 6.02. The van der Waals surface area contributed by atoms with Gasteiger partial charge in [0.2, 0.25) is 5.91 Å². The topological polar surface area (TPSA) is 97.2 Å². The highest BCUT2D eigenvalue weighted by Gasteiger charge is 2.11. The van der Waals surface area contributed by atoms with Crippen molar-refractivity contribution < 1.29 is 24.2 Å². The second-order valence-corrected chi connectivity index (χ2v) is 7.45. The summed E-state index contributed by atoms with van der Waals surface area (Å²) in [5, 5.41) is 13.7. The number of rotatable bonds is 11. The first-order valence-corrected chi connectivity index (χ1v) is 10.6. The van der Waals surface area contributed by atoms with Gasteiger partial charge in [-0.05, 0) is 42.7 Å². The molecule has 2 aromatic rings. The van der Waals surface area contributed by atoms with Crippen LogP contribution >= 0.6 is 0 Å². The van der Waals surface area contributed by atoms with Crippen LogP contribution < -0.4 is 14.9 Å². The van der Waals surface area contributed by atoms with Gasteiger partial charge in [0.05, 0.1) is 6.21 Å². The Morgan fingerprint density at radius 3 is 2.52 bits per heavy atom. The normalized spacial score (nSPS) is 12.6. The number of benzene rings is 2. The fraction of sp³-hybridized carbons (Fsp3) is 0.375.